The van der Waals surface area contributed by atoms with Crippen LogP contribution < -0.4 is 5.43 Å². The van der Waals surface area contributed by atoms with E-state index in [0.29, 0.717) is 0 Å². The summed E-state index contributed by atoms with van der Waals surface area (Å²) in [6, 6.07) is 1.88. The number of hydrogen-bond acceptors (Lipinski definition) is 5. The highest BCUT2D eigenvalue weighted by molar-refractivity contribution is 9.10. The van der Waals surface area contributed by atoms with Crippen LogP contribution in [0.1, 0.15) is 12.7 Å². The Morgan fingerprint density at radius 2 is 2.19 bits per heavy atom. The van der Waals surface area contributed by atoms with Crippen molar-refractivity contribution >= 4 is 21.7 Å². The molecule has 16 heavy (non-hydrogen) atoms. The fourth-order valence-electron chi connectivity index (χ4n) is 1.52. The van der Waals surface area contributed by atoms with Crippen molar-refractivity contribution in [3.63, 3.8) is 0 Å². The summed E-state index contributed by atoms with van der Waals surface area (Å²) in [7, 11) is 0. The maximum Gasteiger partial charge on any atom is 0.145 e. The minimum Gasteiger partial charge on any atom is -0.379 e. The summed E-state index contributed by atoms with van der Waals surface area (Å²) in [6.45, 7) is 5.33. The second-order valence-corrected chi connectivity index (χ2v) is 4.37. The van der Waals surface area contributed by atoms with Crippen molar-refractivity contribution in [2.24, 2.45) is 0 Å². The van der Waals surface area contributed by atoms with E-state index in [9.17, 15) is 0 Å². The molecule has 0 atom stereocenters. The average Bonchev–Trinajstić information content (AvgIpc) is 2.29. The Kier molecular flexibility index (Phi) is 4.09. The molecule has 1 aliphatic heterocycles. The van der Waals surface area contributed by atoms with E-state index in [1.165, 1.54) is 0 Å². The fraction of sp³-hybridized carbons (Fsp3) is 0.600. The van der Waals surface area contributed by atoms with E-state index >= 15 is 0 Å². The molecule has 88 valence electrons. The van der Waals surface area contributed by atoms with Gasteiger partial charge in [-0.2, -0.15) is 0 Å². The zero-order valence-corrected chi connectivity index (χ0v) is 10.8. The third-order valence-electron chi connectivity index (χ3n) is 2.34. The first kappa shape index (κ1) is 11.8. The van der Waals surface area contributed by atoms with Crippen LogP contribution in [0.4, 0.5) is 5.82 Å². The summed E-state index contributed by atoms with van der Waals surface area (Å²) < 4.78 is 6.10. The number of nitrogens with zero attached hydrogens (tertiary/aromatic N) is 3. The fourth-order valence-corrected chi connectivity index (χ4v) is 1.94. The molecule has 0 spiro atoms. The molecule has 0 amide bonds. The molecule has 0 aliphatic carbocycles. The van der Waals surface area contributed by atoms with E-state index in [-0.39, 0.29) is 0 Å². The monoisotopic (exact) mass is 286 g/mol. The highest BCUT2D eigenvalue weighted by Crippen LogP contribution is 2.13. The summed E-state index contributed by atoms with van der Waals surface area (Å²) in [5.41, 5.74) is 3.27. The smallest absolute Gasteiger partial charge is 0.145 e. The number of ether oxygens (including phenoxy) is 1. The lowest BCUT2D eigenvalue weighted by atomic mass is 10.4. The average molecular weight is 287 g/mol. The molecule has 1 aromatic rings. The maximum absolute atomic E-state index is 5.28. The van der Waals surface area contributed by atoms with Gasteiger partial charge in [-0.25, -0.2) is 15.0 Å². The molecule has 6 heteroatoms. The van der Waals surface area contributed by atoms with Crippen LogP contribution in [-0.4, -0.2) is 41.3 Å². The molecule has 0 aromatic carbocycles. The topological polar surface area (TPSA) is 50.3 Å². The molecule has 1 fully saturated rings. The number of aryl methyl sites for hydroxylation is 1. The number of nitrogens with one attached hydrogen (secondary N) is 1. The summed E-state index contributed by atoms with van der Waals surface area (Å²) in [6.07, 6.45) is 0.831. The number of halogens is 1. The second kappa shape index (κ2) is 5.56. The van der Waals surface area contributed by atoms with Crippen LogP contribution in [0.5, 0.6) is 0 Å². The van der Waals surface area contributed by atoms with Gasteiger partial charge in [-0.15, -0.1) is 0 Å². The van der Waals surface area contributed by atoms with Crippen LogP contribution in [0, 0.1) is 0 Å². The van der Waals surface area contributed by atoms with Crippen LogP contribution in [-0.2, 0) is 11.2 Å². The molecule has 0 bridgehead atoms. The molecule has 1 aromatic heterocycles. The minimum absolute atomic E-state index is 0.764. The summed E-state index contributed by atoms with van der Waals surface area (Å²) in [5, 5.41) is 2.11. The van der Waals surface area contributed by atoms with Gasteiger partial charge in [-0.05, 0) is 15.9 Å². The molecule has 0 radical (unpaired) electrons. The van der Waals surface area contributed by atoms with Gasteiger partial charge >= 0.3 is 0 Å². The Hall–Kier alpha value is -0.720. The predicted octanol–water partition coefficient (Wildman–Crippen LogP) is 1.46. The Balaban J connectivity index is 2.04. The van der Waals surface area contributed by atoms with Gasteiger partial charge in [0.1, 0.15) is 16.2 Å². The molecule has 1 N–H and O–H groups in total. The number of morpholine rings is 1. The molecule has 0 unspecified atom stereocenters. The van der Waals surface area contributed by atoms with Crippen LogP contribution >= 0.6 is 15.9 Å². The number of rotatable bonds is 3. The number of aromatic nitrogens is 2. The highest BCUT2D eigenvalue weighted by atomic mass is 79.9. The largest absolute Gasteiger partial charge is 0.379 e. The maximum atomic E-state index is 5.28. The number of anilines is 1. The van der Waals surface area contributed by atoms with Gasteiger partial charge in [0, 0.05) is 25.6 Å². The molecule has 0 saturated carbocycles. The Bertz CT molecular complexity index is 355. The lowest BCUT2D eigenvalue weighted by Crippen LogP contribution is -2.40. The minimum atomic E-state index is 0.764. The van der Waals surface area contributed by atoms with Crippen molar-refractivity contribution in [2.45, 2.75) is 13.3 Å². The quantitative estimate of drug-likeness (QED) is 0.853. The van der Waals surface area contributed by atoms with Crippen molar-refractivity contribution < 1.29 is 4.74 Å². The molecular weight excluding hydrogens is 272 g/mol. The molecule has 1 saturated heterocycles. The van der Waals surface area contributed by atoms with E-state index in [1.54, 1.807) is 0 Å². The second-order valence-electron chi connectivity index (χ2n) is 3.56. The van der Waals surface area contributed by atoms with Gasteiger partial charge in [-0.3, -0.25) is 0 Å². The van der Waals surface area contributed by atoms with Crippen molar-refractivity contribution in [3.05, 3.63) is 16.5 Å². The molecule has 2 rings (SSSR count). The zero-order chi connectivity index (χ0) is 11.4. The van der Waals surface area contributed by atoms with Gasteiger partial charge in [0.05, 0.1) is 13.2 Å². The van der Waals surface area contributed by atoms with Crippen molar-refractivity contribution in [2.75, 3.05) is 31.7 Å². The molecular formula is C10H15BrN4O. The third-order valence-corrected chi connectivity index (χ3v) is 2.75. The standard InChI is InChI=1S/C10H15BrN4O/c1-2-9-12-8(11)7-10(13-9)14-15-3-5-16-6-4-15/h7H,2-6H2,1H3,(H,12,13,14). The predicted molar refractivity (Wildman–Crippen MR) is 65.1 cm³/mol. The normalized spacial score (nSPS) is 17.4. The SMILES string of the molecule is CCc1nc(Br)cc(NN2CCOCC2)n1. The van der Waals surface area contributed by atoms with E-state index < -0.39 is 0 Å². The van der Waals surface area contributed by atoms with Gasteiger partial charge in [-0.1, -0.05) is 6.92 Å². The van der Waals surface area contributed by atoms with Crippen LogP contribution in [0.3, 0.4) is 0 Å². The number of hydrogen-bond donors (Lipinski definition) is 1. The third kappa shape index (κ3) is 3.13. The summed E-state index contributed by atoms with van der Waals surface area (Å²) in [4.78, 5) is 8.68. The summed E-state index contributed by atoms with van der Waals surface area (Å²) in [5.74, 6) is 1.67. The van der Waals surface area contributed by atoms with Crippen LogP contribution in [0.2, 0.25) is 0 Å². The van der Waals surface area contributed by atoms with Gasteiger partial charge < -0.3 is 10.2 Å². The molecule has 1 aliphatic rings. The lowest BCUT2D eigenvalue weighted by molar-refractivity contribution is 0.0494. The van der Waals surface area contributed by atoms with Gasteiger partial charge in [0.15, 0.2) is 0 Å². The van der Waals surface area contributed by atoms with Crippen LogP contribution in [0.25, 0.3) is 0 Å². The first-order valence-corrected chi connectivity index (χ1v) is 6.20. The van der Waals surface area contributed by atoms with E-state index in [2.05, 4.69) is 36.3 Å². The first-order valence-electron chi connectivity index (χ1n) is 5.40. The van der Waals surface area contributed by atoms with Crippen molar-refractivity contribution in [1.82, 2.24) is 15.0 Å². The molecule has 2 heterocycles. The van der Waals surface area contributed by atoms with Crippen molar-refractivity contribution in [3.8, 4) is 0 Å². The first-order chi connectivity index (χ1) is 7.78. The summed E-state index contributed by atoms with van der Waals surface area (Å²) >= 11 is 3.38. The Morgan fingerprint density at radius 1 is 1.44 bits per heavy atom. The Labute approximate surface area is 103 Å². The Morgan fingerprint density at radius 3 is 2.88 bits per heavy atom. The lowest BCUT2D eigenvalue weighted by Gasteiger charge is -2.27. The van der Waals surface area contributed by atoms with E-state index in [4.69, 9.17) is 4.74 Å². The van der Waals surface area contributed by atoms with E-state index in [0.717, 1.165) is 49.0 Å². The van der Waals surface area contributed by atoms with Crippen LogP contribution in [0.15, 0.2) is 10.7 Å². The highest BCUT2D eigenvalue weighted by Gasteiger charge is 2.11. The van der Waals surface area contributed by atoms with Gasteiger partial charge in [0.2, 0.25) is 0 Å². The van der Waals surface area contributed by atoms with Gasteiger partial charge in [0.25, 0.3) is 0 Å². The number of hydrazine groups is 1. The zero-order valence-electron chi connectivity index (χ0n) is 9.24. The van der Waals surface area contributed by atoms with E-state index in [1.807, 2.05) is 13.0 Å². The van der Waals surface area contributed by atoms with Crippen molar-refractivity contribution in [1.29, 1.82) is 0 Å². The molecule has 5 nitrogen and oxygen atoms in total.